The summed E-state index contributed by atoms with van der Waals surface area (Å²) in [7, 11) is 0. The van der Waals surface area contributed by atoms with Gasteiger partial charge in [0.1, 0.15) is 5.82 Å². The summed E-state index contributed by atoms with van der Waals surface area (Å²) in [4.78, 5) is 2.65. The van der Waals surface area contributed by atoms with E-state index < -0.39 is 0 Å². The molecule has 0 amide bonds. The second-order valence-electron chi connectivity index (χ2n) is 6.99. The minimum Gasteiger partial charge on any atom is -0.307 e. The summed E-state index contributed by atoms with van der Waals surface area (Å²) in [6.45, 7) is 7.01. The molecule has 0 aliphatic carbocycles. The molecule has 2 heterocycles. The molecule has 21 heavy (non-hydrogen) atoms. The van der Waals surface area contributed by atoms with Gasteiger partial charge in [-0.1, -0.05) is 26.0 Å². The number of hydrogen-bond donors (Lipinski definition) is 1. The standard InChI is InChI=1S/C18H27FN2/c1-13(2)18(14-5-7-15(19)8-6-14)20-16-9-11-21-10-3-4-17(21)12-16/h5-8,13,16-18,20H,3-4,9-12H2,1-2H3. The topological polar surface area (TPSA) is 15.3 Å². The third-order valence-electron chi connectivity index (χ3n) is 5.13. The molecule has 0 spiro atoms. The minimum atomic E-state index is -0.152. The fraction of sp³-hybridized carbons (Fsp3) is 0.667. The van der Waals surface area contributed by atoms with Gasteiger partial charge < -0.3 is 10.2 Å². The zero-order valence-corrected chi connectivity index (χ0v) is 13.2. The molecule has 3 atom stereocenters. The van der Waals surface area contributed by atoms with E-state index in [1.807, 2.05) is 12.1 Å². The van der Waals surface area contributed by atoms with Gasteiger partial charge in [-0.2, -0.15) is 0 Å². The lowest BCUT2D eigenvalue weighted by molar-refractivity contribution is 0.155. The highest BCUT2D eigenvalue weighted by Crippen LogP contribution is 2.30. The van der Waals surface area contributed by atoms with Crippen molar-refractivity contribution in [3.8, 4) is 0 Å². The maximum atomic E-state index is 13.1. The molecule has 2 fully saturated rings. The lowest BCUT2D eigenvalue weighted by atomic mass is 9.91. The van der Waals surface area contributed by atoms with Crippen LogP contribution in [0.25, 0.3) is 0 Å². The van der Waals surface area contributed by atoms with E-state index >= 15 is 0 Å². The van der Waals surface area contributed by atoms with E-state index in [0.717, 1.165) is 6.04 Å². The molecule has 3 unspecified atom stereocenters. The number of benzene rings is 1. The summed E-state index contributed by atoms with van der Waals surface area (Å²) in [5.41, 5.74) is 1.21. The van der Waals surface area contributed by atoms with Crippen molar-refractivity contribution in [2.45, 2.75) is 57.7 Å². The van der Waals surface area contributed by atoms with Crippen LogP contribution in [0.5, 0.6) is 0 Å². The van der Waals surface area contributed by atoms with Crippen LogP contribution < -0.4 is 5.32 Å². The second kappa shape index (κ2) is 6.45. The van der Waals surface area contributed by atoms with Crippen LogP contribution in [0.3, 0.4) is 0 Å². The molecule has 0 bridgehead atoms. The van der Waals surface area contributed by atoms with Crippen molar-refractivity contribution in [1.29, 1.82) is 0 Å². The molecule has 2 saturated heterocycles. The number of fused-ring (bicyclic) bond motifs is 1. The van der Waals surface area contributed by atoms with E-state index in [2.05, 4.69) is 24.1 Å². The highest BCUT2D eigenvalue weighted by Gasteiger charge is 2.32. The third kappa shape index (κ3) is 3.46. The van der Waals surface area contributed by atoms with Crippen molar-refractivity contribution in [2.24, 2.45) is 5.92 Å². The van der Waals surface area contributed by atoms with Crippen molar-refractivity contribution in [3.05, 3.63) is 35.6 Å². The summed E-state index contributed by atoms with van der Waals surface area (Å²) < 4.78 is 13.1. The molecule has 116 valence electrons. The van der Waals surface area contributed by atoms with E-state index in [4.69, 9.17) is 0 Å². The summed E-state index contributed by atoms with van der Waals surface area (Å²) >= 11 is 0. The molecule has 2 aliphatic rings. The van der Waals surface area contributed by atoms with Crippen molar-refractivity contribution < 1.29 is 4.39 Å². The average molecular weight is 290 g/mol. The van der Waals surface area contributed by atoms with Gasteiger partial charge in [-0.15, -0.1) is 0 Å². The molecule has 3 rings (SSSR count). The molecular formula is C18H27FN2. The third-order valence-corrected chi connectivity index (χ3v) is 5.13. The molecule has 0 radical (unpaired) electrons. The fourth-order valence-electron chi connectivity index (χ4n) is 3.97. The maximum Gasteiger partial charge on any atom is 0.123 e. The summed E-state index contributed by atoms with van der Waals surface area (Å²) in [6.07, 6.45) is 5.23. The zero-order chi connectivity index (χ0) is 14.8. The Morgan fingerprint density at radius 1 is 1.14 bits per heavy atom. The normalized spacial score (nSPS) is 27.8. The first-order chi connectivity index (χ1) is 10.1. The van der Waals surface area contributed by atoms with Gasteiger partial charge in [0.15, 0.2) is 0 Å². The van der Waals surface area contributed by atoms with E-state index in [1.165, 1.54) is 44.3 Å². The van der Waals surface area contributed by atoms with Gasteiger partial charge in [0.25, 0.3) is 0 Å². The van der Waals surface area contributed by atoms with Crippen molar-refractivity contribution in [2.75, 3.05) is 13.1 Å². The zero-order valence-electron chi connectivity index (χ0n) is 13.2. The maximum absolute atomic E-state index is 13.1. The van der Waals surface area contributed by atoms with Gasteiger partial charge in [-0.25, -0.2) is 4.39 Å². The predicted molar refractivity (Wildman–Crippen MR) is 84.7 cm³/mol. The summed E-state index contributed by atoms with van der Waals surface area (Å²) in [5.74, 6) is 0.359. The van der Waals surface area contributed by atoms with Crippen molar-refractivity contribution in [3.63, 3.8) is 0 Å². The molecule has 0 aromatic heterocycles. The largest absolute Gasteiger partial charge is 0.307 e. The van der Waals surface area contributed by atoms with Gasteiger partial charge in [0, 0.05) is 18.1 Å². The van der Waals surface area contributed by atoms with Gasteiger partial charge >= 0.3 is 0 Å². The molecule has 0 saturated carbocycles. The van der Waals surface area contributed by atoms with Crippen LogP contribution in [0.1, 0.15) is 51.1 Å². The minimum absolute atomic E-state index is 0.152. The number of nitrogens with zero attached hydrogens (tertiary/aromatic N) is 1. The Morgan fingerprint density at radius 3 is 2.62 bits per heavy atom. The monoisotopic (exact) mass is 290 g/mol. The average Bonchev–Trinajstić information content (AvgIpc) is 2.93. The Labute approximate surface area is 127 Å². The molecule has 1 N–H and O–H groups in total. The summed E-state index contributed by atoms with van der Waals surface area (Å²) in [6, 6.07) is 8.72. The summed E-state index contributed by atoms with van der Waals surface area (Å²) in [5, 5.41) is 3.85. The molecule has 2 nitrogen and oxygen atoms in total. The van der Waals surface area contributed by atoms with Gasteiger partial charge in [-0.3, -0.25) is 0 Å². The van der Waals surface area contributed by atoms with Crippen LogP contribution in [0.2, 0.25) is 0 Å². The van der Waals surface area contributed by atoms with E-state index in [1.54, 1.807) is 12.1 Å². The molecular weight excluding hydrogens is 263 g/mol. The SMILES string of the molecule is CC(C)C(NC1CCN2CCCC2C1)c1ccc(F)cc1. The quantitative estimate of drug-likeness (QED) is 0.909. The second-order valence-corrected chi connectivity index (χ2v) is 6.99. The fourth-order valence-corrected chi connectivity index (χ4v) is 3.97. The number of hydrogen-bond acceptors (Lipinski definition) is 2. The van der Waals surface area contributed by atoms with Crippen LogP contribution in [0, 0.1) is 11.7 Å². The Balaban J connectivity index is 1.66. The van der Waals surface area contributed by atoms with Gasteiger partial charge in [0.05, 0.1) is 0 Å². The van der Waals surface area contributed by atoms with Crippen molar-refractivity contribution in [1.82, 2.24) is 10.2 Å². The lowest BCUT2D eigenvalue weighted by Gasteiger charge is -2.38. The number of piperidine rings is 1. The highest BCUT2D eigenvalue weighted by molar-refractivity contribution is 5.20. The van der Waals surface area contributed by atoms with Crippen LogP contribution in [0.15, 0.2) is 24.3 Å². The Kier molecular flexibility index (Phi) is 4.60. The Bertz CT molecular complexity index is 457. The van der Waals surface area contributed by atoms with Crippen LogP contribution in [-0.4, -0.2) is 30.1 Å². The molecule has 3 heteroatoms. The van der Waals surface area contributed by atoms with Crippen LogP contribution >= 0.6 is 0 Å². The first kappa shape index (κ1) is 15.0. The Morgan fingerprint density at radius 2 is 1.90 bits per heavy atom. The first-order valence-electron chi connectivity index (χ1n) is 8.39. The number of rotatable bonds is 4. The number of nitrogens with one attached hydrogen (secondary N) is 1. The van der Waals surface area contributed by atoms with E-state index in [9.17, 15) is 4.39 Å². The van der Waals surface area contributed by atoms with E-state index in [-0.39, 0.29) is 5.82 Å². The molecule has 1 aromatic rings. The van der Waals surface area contributed by atoms with Crippen molar-refractivity contribution >= 4 is 0 Å². The Hall–Kier alpha value is -0.930. The molecule has 1 aromatic carbocycles. The van der Waals surface area contributed by atoms with Gasteiger partial charge in [0.2, 0.25) is 0 Å². The van der Waals surface area contributed by atoms with Crippen LogP contribution in [0.4, 0.5) is 4.39 Å². The first-order valence-corrected chi connectivity index (χ1v) is 8.39. The predicted octanol–water partition coefficient (Wildman–Crippen LogP) is 3.74. The lowest BCUT2D eigenvalue weighted by Crippen LogP contribution is -2.47. The molecule has 2 aliphatic heterocycles. The van der Waals surface area contributed by atoms with Gasteiger partial charge in [-0.05, 0) is 62.4 Å². The highest BCUT2D eigenvalue weighted by atomic mass is 19.1. The smallest absolute Gasteiger partial charge is 0.123 e. The van der Waals surface area contributed by atoms with Crippen LogP contribution in [-0.2, 0) is 0 Å². The number of halogens is 1. The van der Waals surface area contributed by atoms with E-state index in [0.29, 0.717) is 18.0 Å².